The Morgan fingerprint density at radius 2 is 1.63 bits per heavy atom. The van der Waals surface area contributed by atoms with Crippen LogP contribution in [0.25, 0.3) is 0 Å². The average Bonchev–Trinajstić information content (AvgIpc) is 2.61. The molecule has 0 heterocycles. The Balaban J connectivity index is 2.97. The van der Waals surface area contributed by atoms with Crippen LogP contribution in [0.3, 0.4) is 0 Å². The first kappa shape index (κ1) is 22.6. The molecule has 0 radical (unpaired) electrons. The molecular weight excluding hydrogens is 352 g/mol. The molecule has 8 nitrogen and oxygen atoms in total. The highest BCUT2D eigenvalue weighted by Gasteiger charge is 2.34. The number of carboxylic acid groups (broad SMARTS) is 1. The lowest BCUT2D eigenvalue weighted by Crippen LogP contribution is -2.36. The van der Waals surface area contributed by atoms with Gasteiger partial charge in [-0.3, -0.25) is 14.4 Å². The van der Waals surface area contributed by atoms with E-state index in [1.54, 1.807) is 13.8 Å². The third kappa shape index (κ3) is 5.27. The number of allylic oxidation sites excluding steroid dienone is 4. The summed E-state index contributed by atoms with van der Waals surface area (Å²) in [6.45, 7) is 6.13. The molecule has 148 valence electrons. The number of carbonyl (C=O) groups is 4. The molecule has 0 aromatic carbocycles. The number of aliphatic imine (C=N–C) groups is 1. The number of nitrogens with zero attached hydrogens (tertiary/aromatic N) is 1. The number of rotatable bonds is 8. The van der Waals surface area contributed by atoms with E-state index < -0.39 is 17.5 Å². The zero-order chi connectivity index (χ0) is 20.9. The molecule has 0 fully saturated rings. The standard InChI is InChI=1S/C19H26N2O6/c1-10-11(2)16(23)13(12(3)15(10)22)7-8-19(4,27)18(26)21-14(17(24)25)6-5-9-20/h27H,5-9,20H2,1-4H3,(H,24,25)/t19-/m0/s1. The van der Waals surface area contributed by atoms with E-state index >= 15 is 0 Å². The van der Waals surface area contributed by atoms with Gasteiger partial charge in [0.25, 0.3) is 5.91 Å². The highest BCUT2D eigenvalue weighted by atomic mass is 16.4. The van der Waals surface area contributed by atoms with Crippen molar-refractivity contribution in [2.45, 2.75) is 59.0 Å². The number of carboxylic acids is 1. The summed E-state index contributed by atoms with van der Waals surface area (Å²) in [6, 6.07) is 0. The van der Waals surface area contributed by atoms with Gasteiger partial charge in [0.05, 0.1) is 0 Å². The van der Waals surface area contributed by atoms with Gasteiger partial charge in [-0.2, -0.15) is 0 Å². The fourth-order valence-electron chi connectivity index (χ4n) is 2.66. The van der Waals surface area contributed by atoms with Crippen LogP contribution >= 0.6 is 0 Å². The lowest BCUT2D eigenvalue weighted by Gasteiger charge is -2.23. The maximum atomic E-state index is 12.4. The predicted octanol–water partition coefficient (Wildman–Crippen LogP) is 1.11. The Hall–Kier alpha value is -2.45. The fraction of sp³-hybridized carbons (Fsp3) is 0.526. The van der Waals surface area contributed by atoms with Gasteiger partial charge in [0.1, 0.15) is 11.3 Å². The van der Waals surface area contributed by atoms with Crippen LogP contribution in [0, 0.1) is 0 Å². The largest absolute Gasteiger partial charge is 0.477 e. The number of carbonyl (C=O) groups excluding carboxylic acids is 3. The lowest BCUT2D eigenvalue weighted by molar-refractivity contribution is -0.135. The summed E-state index contributed by atoms with van der Waals surface area (Å²) in [6.07, 6.45) is 0.181. The van der Waals surface area contributed by atoms with Crippen LogP contribution in [-0.4, -0.2) is 51.5 Å². The van der Waals surface area contributed by atoms with Crippen LogP contribution < -0.4 is 5.73 Å². The molecule has 0 aliphatic heterocycles. The van der Waals surface area contributed by atoms with E-state index in [4.69, 9.17) is 10.8 Å². The molecule has 8 heteroatoms. The van der Waals surface area contributed by atoms with Crippen molar-refractivity contribution in [3.63, 3.8) is 0 Å². The SMILES string of the molecule is CC1=C(C)C(=O)C(CC[C@](C)(O)C(=O)N=C(CCCN)C(=O)O)=C(C)C1=O. The van der Waals surface area contributed by atoms with Crippen LogP contribution in [0.4, 0.5) is 0 Å². The summed E-state index contributed by atoms with van der Waals surface area (Å²) in [5, 5.41) is 19.5. The molecule has 0 saturated carbocycles. The van der Waals surface area contributed by atoms with Crippen molar-refractivity contribution in [1.82, 2.24) is 0 Å². The van der Waals surface area contributed by atoms with Gasteiger partial charge in [-0.05, 0) is 59.9 Å². The molecule has 4 N–H and O–H groups in total. The molecule has 1 amide bonds. The Morgan fingerprint density at radius 1 is 1.07 bits per heavy atom. The van der Waals surface area contributed by atoms with E-state index in [1.165, 1.54) is 13.8 Å². The summed E-state index contributed by atoms with van der Waals surface area (Å²) in [4.78, 5) is 51.5. The first-order valence-electron chi connectivity index (χ1n) is 8.68. The Kier molecular flexibility index (Phi) is 7.50. The third-order valence-corrected chi connectivity index (χ3v) is 4.73. The number of nitrogens with two attached hydrogens (primary N) is 1. The maximum absolute atomic E-state index is 12.4. The summed E-state index contributed by atoms with van der Waals surface area (Å²) in [5.74, 6) is -2.88. The second-order valence-electron chi connectivity index (χ2n) is 6.85. The molecule has 0 unspecified atom stereocenters. The van der Waals surface area contributed by atoms with Crippen molar-refractivity contribution in [3.8, 4) is 0 Å². The van der Waals surface area contributed by atoms with Crippen molar-refractivity contribution in [3.05, 3.63) is 22.3 Å². The van der Waals surface area contributed by atoms with Crippen LogP contribution in [-0.2, 0) is 19.2 Å². The fourth-order valence-corrected chi connectivity index (χ4v) is 2.66. The van der Waals surface area contributed by atoms with Gasteiger partial charge < -0.3 is 15.9 Å². The maximum Gasteiger partial charge on any atom is 0.350 e. The number of ketones is 2. The van der Waals surface area contributed by atoms with Crippen LogP contribution in [0.5, 0.6) is 0 Å². The van der Waals surface area contributed by atoms with Gasteiger partial charge >= 0.3 is 5.97 Å². The molecule has 1 rings (SSSR count). The van der Waals surface area contributed by atoms with E-state index in [2.05, 4.69) is 4.99 Å². The molecular formula is C19H26N2O6. The molecule has 0 spiro atoms. The molecule has 1 aliphatic rings. The number of Topliss-reactive ketones (excluding diaryl/α,β-unsaturated/α-hetero) is 2. The van der Waals surface area contributed by atoms with E-state index in [9.17, 15) is 24.3 Å². The number of amides is 1. The van der Waals surface area contributed by atoms with E-state index in [0.29, 0.717) is 23.1 Å². The predicted molar refractivity (Wildman–Crippen MR) is 99.3 cm³/mol. The summed E-state index contributed by atoms with van der Waals surface area (Å²) in [7, 11) is 0. The molecule has 0 aromatic rings. The van der Waals surface area contributed by atoms with Crippen molar-refractivity contribution in [2.75, 3.05) is 6.54 Å². The van der Waals surface area contributed by atoms with Gasteiger partial charge in [0.15, 0.2) is 11.6 Å². The highest BCUT2D eigenvalue weighted by molar-refractivity contribution is 6.37. The van der Waals surface area contributed by atoms with E-state index in [0.717, 1.165) is 0 Å². The monoisotopic (exact) mass is 378 g/mol. The highest BCUT2D eigenvalue weighted by Crippen LogP contribution is 2.29. The number of aliphatic hydroxyl groups is 1. The van der Waals surface area contributed by atoms with Crippen molar-refractivity contribution in [2.24, 2.45) is 10.7 Å². The summed E-state index contributed by atoms with van der Waals surface area (Å²) >= 11 is 0. The van der Waals surface area contributed by atoms with Crippen LogP contribution in [0.2, 0.25) is 0 Å². The number of hydrogen-bond donors (Lipinski definition) is 3. The molecule has 1 atom stereocenters. The third-order valence-electron chi connectivity index (χ3n) is 4.73. The van der Waals surface area contributed by atoms with Gasteiger partial charge in [-0.1, -0.05) is 0 Å². The lowest BCUT2D eigenvalue weighted by atomic mass is 9.82. The Bertz CT molecular complexity index is 771. The Morgan fingerprint density at radius 3 is 2.15 bits per heavy atom. The van der Waals surface area contributed by atoms with E-state index in [-0.39, 0.29) is 48.7 Å². The second kappa shape index (κ2) is 8.96. The Labute approximate surface area is 157 Å². The molecule has 1 aliphatic carbocycles. The normalized spacial score (nSPS) is 18.1. The van der Waals surface area contributed by atoms with Gasteiger partial charge in [-0.25, -0.2) is 9.79 Å². The van der Waals surface area contributed by atoms with Gasteiger partial charge in [-0.15, -0.1) is 0 Å². The van der Waals surface area contributed by atoms with Crippen molar-refractivity contribution in [1.29, 1.82) is 0 Å². The molecule has 0 aromatic heterocycles. The first-order valence-corrected chi connectivity index (χ1v) is 8.68. The van der Waals surface area contributed by atoms with Crippen LogP contribution in [0.1, 0.15) is 53.4 Å². The quantitative estimate of drug-likeness (QED) is 0.423. The minimum Gasteiger partial charge on any atom is -0.477 e. The van der Waals surface area contributed by atoms with Crippen molar-refractivity contribution < 1.29 is 29.4 Å². The molecule has 0 bridgehead atoms. The topological polar surface area (TPSA) is 147 Å². The zero-order valence-electron chi connectivity index (χ0n) is 16.1. The number of hydrogen-bond acceptors (Lipinski definition) is 6. The minimum atomic E-state index is -1.97. The van der Waals surface area contributed by atoms with Crippen molar-refractivity contribution >= 4 is 29.2 Å². The summed E-state index contributed by atoms with van der Waals surface area (Å²) in [5.41, 5.74) is 4.27. The second-order valence-corrected chi connectivity index (χ2v) is 6.85. The summed E-state index contributed by atoms with van der Waals surface area (Å²) < 4.78 is 0. The molecule has 27 heavy (non-hydrogen) atoms. The molecule has 0 saturated heterocycles. The average molecular weight is 378 g/mol. The first-order chi connectivity index (χ1) is 12.4. The minimum absolute atomic E-state index is 0.000488. The zero-order valence-corrected chi connectivity index (χ0v) is 16.1. The number of aliphatic carboxylic acids is 1. The smallest absolute Gasteiger partial charge is 0.350 e. The van der Waals surface area contributed by atoms with Crippen LogP contribution in [0.15, 0.2) is 27.3 Å². The van der Waals surface area contributed by atoms with Gasteiger partial charge in [0.2, 0.25) is 0 Å². The van der Waals surface area contributed by atoms with E-state index in [1.807, 2.05) is 0 Å². The van der Waals surface area contributed by atoms with Gasteiger partial charge in [0, 0.05) is 22.3 Å².